The third-order valence-electron chi connectivity index (χ3n) is 3.89. The van der Waals surface area contributed by atoms with Gasteiger partial charge >= 0.3 is 0 Å². The number of ether oxygens (including phenoxy) is 3. The molecular weight excluding hydrogens is 266 g/mol. The first-order valence-electron chi connectivity index (χ1n) is 7.25. The molecule has 4 heteroatoms. The average molecular weight is 283 g/mol. The first-order valence-corrected chi connectivity index (χ1v) is 7.25. The van der Waals surface area contributed by atoms with E-state index in [1.807, 2.05) is 30.3 Å². The minimum atomic E-state index is 0.384. The maximum atomic E-state index is 5.71. The Morgan fingerprint density at radius 3 is 2.71 bits per heavy atom. The largest absolute Gasteiger partial charge is 0.493 e. The van der Waals surface area contributed by atoms with E-state index in [1.165, 1.54) is 5.56 Å². The van der Waals surface area contributed by atoms with Gasteiger partial charge in [0.1, 0.15) is 19.0 Å². The monoisotopic (exact) mass is 283 g/mol. The van der Waals surface area contributed by atoms with Crippen LogP contribution < -0.4 is 19.5 Å². The van der Waals surface area contributed by atoms with Gasteiger partial charge < -0.3 is 19.5 Å². The summed E-state index contributed by atoms with van der Waals surface area (Å²) in [5, 5.41) is 3.46. The number of fused-ring (bicyclic) bond motifs is 2. The van der Waals surface area contributed by atoms with Crippen molar-refractivity contribution in [2.45, 2.75) is 5.92 Å². The van der Waals surface area contributed by atoms with Crippen LogP contribution >= 0.6 is 0 Å². The lowest BCUT2D eigenvalue weighted by molar-refractivity contribution is 0.171. The molecule has 0 bridgehead atoms. The summed E-state index contributed by atoms with van der Waals surface area (Å²) < 4.78 is 16.8. The zero-order valence-corrected chi connectivity index (χ0v) is 11.7. The average Bonchev–Trinajstić information content (AvgIpc) is 2.96. The summed E-state index contributed by atoms with van der Waals surface area (Å²) in [6.07, 6.45) is 0. The quantitative estimate of drug-likeness (QED) is 0.940. The Labute approximate surface area is 123 Å². The van der Waals surface area contributed by atoms with Crippen LogP contribution in [0.2, 0.25) is 0 Å². The molecule has 2 aromatic carbocycles. The number of benzene rings is 2. The molecule has 0 radical (unpaired) electrons. The Morgan fingerprint density at radius 1 is 0.905 bits per heavy atom. The molecule has 1 atom stereocenters. The fraction of sp³-hybridized carbons (Fsp3) is 0.294. The SMILES string of the molecule is c1ccc2c(c1)OCC2CNc1ccc2c(c1)OCCO2. The predicted octanol–water partition coefficient (Wildman–Crippen LogP) is 3.05. The molecule has 1 unspecified atom stereocenters. The molecule has 21 heavy (non-hydrogen) atoms. The summed E-state index contributed by atoms with van der Waals surface area (Å²) in [4.78, 5) is 0. The molecule has 108 valence electrons. The van der Waals surface area contributed by atoms with E-state index in [0.717, 1.165) is 36.1 Å². The van der Waals surface area contributed by atoms with Crippen LogP contribution in [-0.2, 0) is 0 Å². The fourth-order valence-electron chi connectivity index (χ4n) is 2.79. The van der Waals surface area contributed by atoms with E-state index in [-0.39, 0.29) is 0 Å². The molecule has 4 nitrogen and oxygen atoms in total. The molecule has 2 heterocycles. The topological polar surface area (TPSA) is 39.7 Å². The molecule has 2 aliphatic heterocycles. The number of para-hydroxylation sites is 1. The van der Waals surface area contributed by atoms with Crippen molar-refractivity contribution in [2.75, 3.05) is 31.7 Å². The maximum absolute atomic E-state index is 5.71. The lowest BCUT2D eigenvalue weighted by Gasteiger charge is -2.19. The van der Waals surface area contributed by atoms with Crippen molar-refractivity contribution in [2.24, 2.45) is 0 Å². The molecule has 4 rings (SSSR count). The van der Waals surface area contributed by atoms with Gasteiger partial charge in [-0.05, 0) is 18.2 Å². The molecule has 0 spiro atoms. The van der Waals surface area contributed by atoms with E-state index in [9.17, 15) is 0 Å². The Kier molecular flexibility index (Phi) is 3.07. The van der Waals surface area contributed by atoms with Gasteiger partial charge in [-0.15, -0.1) is 0 Å². The molecule has 2 aliphatic rings. The number of hydrogen-bond acceptors (Lipinski definition) is 4. The van der Waals surface area contributed by atoms with Gasteiger partial charge in [0.05, 0.1) is 6.61 Å². The minimum Gasteiger partial charge on any atom is -0.493 e. The van der Waals surface area contributed by atoms with E-state index in [1.54, 1.807) is 0 Å². The van der Waals surface area contributed by atoms with E-state index >= 15 is 0 Å². The number of nitrogens with one attached hydrogen (secondary N) is 1. The van der Waals surface area contributed by atoms with Crippen molar-refractivity contribution in [1.82, 2.24) is 0 Å². The zero-order valence-electron chi connectivity index (χ0n) is 11.7. The van der Waals surface area contributed by atoms with Gasteiger partial charge in [0.15, 0.2) is 11.5 Å². The molecule has 2 aromatic rings. The Hall–Kier alpha value is -2.36. The van der Waals surface area contributed by atoms with Crippen LogP contribution in [0, 0.1) is 0 Å². The number of anilines is 1. The molecule has 0 aliphatic carbocycles. The molecule has 0 amide bonds. The summed E-state index contributed by atoms with van der Waals surface area (Å²) in [5.41, 5.74) is 2.33. The molecule has 0 saturated heterocycles. The summed E-state index contributed by atoms with van der Waals surface area (Å²) in [6, 6.07) is 14.2. The summed E-state index contributed by atoms with van der Waals surface area (Å²) >= 11 is 0. The van der Waals surface area contributed by atoms with Crippen molar-refractivity contribution < 1.29 is 14.2 Å². The van der Waals surface area contributed by atoms with Crippen molar-refractivity contribution in [1.29, 1.82) is 0 Å². The third-order valence-corrected chi connectivity index (χ3v) is 3.89. The first kappa shape index (κ1) is 12.4. The van der Waals surface area contributed by atoms with Gasteiger partial charge in [-0.25, -0.2) is 0 Å². The molecule has 0 saturated carbocycles. The van der Waals surface area contributed by atoms with Crippen LogP contribution in [0.15, 0.2) is 42.5 Å². The third kappa shape index (κ3) is 2.37. The Morgan fingerprint density at radius 2 is 1.76 bits per heavy atom. The van der Waals surface area contributed by atoms with Gasteiger partial charge in [-0.2, -0.15) is 0 Å². The number of hydrogen-bond donors (Lipinski definition) is 1. The highest BCUT2D eigenvalue weighted by molar-refractivity contribution is 5.55. The molecule has 0 aromatic heterocycles. The van der Waals surface area contributed by atoms with Crippen LogP contribution in [0.4, 0.5) is 5.69 Å². The van der Waals surface area contributed by atoms with Gasteiger partial charge in [0.2, 0.25) is 0 Å². The van der Waals surface area contributed by atoms with Gasteiger partial charge in [-0.3, -0.25) is 0 Å². The lowest BCUT2D eigenvalue weighted by atomic mass is 10.0. The van der Waals surface area contributed by atoms with E-state index in [4.69, 9.17) is 14.2 Å². The van der Waals surface area contributed by atoms with Gasteiger partial charge in [0.25, 0.3) is 0 Å². The van der Waals surface area contributed by atoms with Crippen LogP contribution in [0.3, 0.4) is 0 Å². The first-order chi connectivity index (χ1) is 10.4. The molecular formula is C17H17NO3. The van der Waals surface area contributed by atoms with Crippen LogP contribution in [0.5, 0.6) is 17.2 Å². The van der Waals surface area contributed by atoms with Crippen molar-refractivity contribution in [3.05, 3.63) is 48.0 Å². The van der Waals surface area contributed by atoms with E-state index in [2.05, 4.69) is 17.4 Å². The summed E-state index contributed by atoms with van der Waals surface area (Å²) in [6.45, 7) is 2.81. The second-order valence-electron chi connectivity index (χ2n) is 5.29. The van der Waals surface area contributed by atoms with E-state index < -0.39 is 0 Å². The normalized spacial score (nSPS) is 18.8. The summed E-state index contributed by atoms with van der Waals surface area (Å²) in [5.74, 6) is 3.02. The maximum Gasteiger partial charge on any atom is 0.163 e. The lowest BCUT2D eigenvalue weighted by Crippen LogP contribution is -2.16. The van der Waals surface area contributed by atoms with Crippen LogP contribution in [0.25, 0.3) is 0 Å². The molecule has 0 fully saturated rings. The highest BCUT2D eigenvalue weighted by atomic mass is 16.6. The summed E-state index contributed by atoms with van der Waals surface area (Å²) in [7, 11) is 0. The molecule has 1 N–H and O–H groups in total. The second kappa shape index (κ2) is 5.20. The standard InChI is InChI=1S/C17H17NO3/c1-2-4-15-14(3-1)12(11-21-15)10-18-13-5-6-16-17(9-13)20-8-7-19-16/h1-6,9,12,18H,7-8,10-11H2. The minimum absolute atomic E-state index is 0.384. The Bertz CT molecular complexity index is 656. The zero-order chi connectivity index (χ0) is 14.1. The second-order valence-corrected chi connectivity index (χ2v) is 5.29. The fourth-order valence-corrected chi connectivity index (χ4v) is 2.79. The van der Waals surface area contributed by atoms with Gasteiger partial charge in [0, 0.05) is 29.8 Å². The van der Waals surface area contributed by atoms with Crippen molar-refractivity contribution in [3.63, 3.8) is 0 Å². The van der Waals surface area contributed by atoms with Gasteiger partial charge in [-0.1, -0.05) is 18.2 Å². The van der Waals surface area contributed by atoms with Crippen molar-refractivity contribution >= 4 is 5.69 Å². The highest BCUT2D eigenvalue weighted by Crippen LogP contribution is 2.35. The number of rotatable bonds is 3. The smallest absolute Gasteiger partial charge is 0.163 e. The van der Waals surface area contributed by atoms with E-state index in [0.29, 0.717) is 19.1 Å². The van der Waals surface area contributed by atoms with Crippen LogP contribution in [0.1, 0.15) is 11.5 Å². The highest BCUT2D eigenvalue weighted by Gasteiger charge is 2.23. The van der Waals surface area contributed by atoms with Crippen molar-refractivity contribution in [3.8, 4) is 17.2 Å². The predicted molar refractivity (Wildman–Crippen MR) is 80.6 cm³/mol. The van der Waals surface area contributed by atoms with Crippen LogP contribution in [-0.4, -0.2) is 26.4 Å². The Balaban J connectivity index is 1.46.